The summed E-state index contributed by atoms with van der Waals surface area (Å²) in [5.41, 5.74) is 5.03. The smallest absolute Gasteiger partial charge is 0.246 e. The Morgan fingerprint density at radius 1 is 1.00 bits per heavy atom. The molecule has 0 fully saturated rings. The van der Waals surface area contributed by atoms with Gasteiger partial charge in [-0.3, -0.25) is 15.1 Å². The average molecular weight is 345 g/mol. The van der Waals surface area contributed by atoms with Gasteiger partial charge in [0, 0.05) is 24.6 Å². The van der Waals surface area contributed by atoms with E-state index in [0.29, 0.717) is 6.54 Å². The number of carbonyl (C=O) groups is 1. The highest BCUT2D eigenvalue weighted by Gasteiger charge is 2.20. The van der Waals surface area contributed by atoms with E-state index in [-0.39, 0.29) is 5.91 Å². The Morgan fingerprint density at radius 3 is 2.46 bits per heavy atom. The van der Waals surface area contributed by atoms with Crippen LogP contribution in [0.5, 0.6) is 0 Å². The van der Waals surface area contributed by atoms with E-state index in [1.54, 1.807) is 12.4 Å². The van der Waals surface area contributed by atoms with Gasteiger partial charge in [-0.2, -0.15) is 0 Å². The molecule has 3 rings (SSSR count). The number of anilines is 1. The van der Waals surface area contributed by atoms with Gasteiger partial charge in [-0.15, -0.1) is 0 Å². The van der Waals surface area contributed by atoms with Crippen molar-refractivity contribution in [3.63, 3.8) is 0 Å². The third-order valence-corrected chi connectivity index (χ3v) is 4.31. The first kappa shape index (κ1) is 17.8. The number of aryl methyl sites for hydroxylation is 2. The number of nitrogens with one attached hydrogen (secondary N) is 2. The van der Waals surface area contributed by atoms with E-state index in [4.69, 9.17) is 0 Å². The molecule has 3 aromatic rings. The first-order chi connectivity index (χ1) is 12.6. The lowest BCUT2D eigenvalue weighted by Crippen LogP contribution is -2.33. The van der Waals surface area contributed by atoms with E-state index in [9.17, 15) is 4.79 Å². The quantitative estimate of drug-likeness (QED) is 0.705. The minimum Gasteiger partial charge on any atom is -0.324 e. The van der Waals surface area contributed by atoms with Crippen LogP contribution < -0.4 is 10.6 Å². The Kier molecular flexibility index (Phi) is 5.77. The van der Waals surface area contributed by atoms with Gasteiger partial charge < -0.3 is 5.32 Å². The van der Waals surface area contributed by atoms with E-state index in [2.05, 4.69) is 15.6 Å². The average Bonchev–Trinajstić information content (AvgIpc) is 2.66. The van der Waals surface area contributed by atoms with E-state index in [1.807, 2.05) is 74.5 Å². The van der Waals surface area contributed by atoms with Crippen molar-refractivity contribution in [1.82, 2.24) is 10.3 Å². The molecular formula is C22H23N3O. The van der Waals surface area contributed by atoms with Crippen LogP contribution in [0.3, 0.4) is 0 Å². The van der Waals surface area contributed by atoms with Crippen LogP contribution >= 0.6 is 0 Å². The third kappa shape index (κ3) is 4.55. The Hall–Kier alpha value is -2.98. The zero-order valence-corrected chi connectivity index (χ0v) is 15.1. The van der Waals surface area contributed by atoms with Crippen LogP contribution in [0.2, 0.25) is 0 Å². The summed E-state index contributed by atoms with van der Waals surface area (Å²) in [7, 11) is 0. The minimum atomic E-state index is -0.440. The molecule has 1 atom stereocenters. The van der Waals surface area contributed by atoms with Crippen LogP contribution in [0.4, 0.5) is 5.69 Å². The molecule has 0 saturated heterocycles. The third-order valence-electron chi connectivity index (χ3n) is 4.31. The first-order valence-electron chi connectivity index (χ1n) is 8.69. The molecule has 26 heavy (non-hydrogen) atoms. The van der Waals surface area contributed by atoms with Crippen LogP contribution in [-0.4, -0.2) is 10.9 Å². The largest absolute Gasteiger partial charge is 0.324 e. The van der Waals surface area contributed by atoms with Crippen molar-refractivity contribution < 1.29 is 4.79 Å². The fraction of sp³-hybridized carbons (Fsp3) is 0.182. The molecule has 0 radical (unpaired) electrons. The van der Waals surface area contributed by atoms with Gasteiger partial charge in [0.2, 0.25) is 5.91 Å². The second-order valence-corrected chi connectivity index (χ2v) is 6.39. The van der Waals surface area contributed by atoms with Gasteiger partial charge >= 0.3 is 0 Å². The van der Waals surface area contributed by atoms with Crippen molar-refractivity contribution >= 4 is 11.6 Å². The Balaban J connectivity index is 1.80. The molecule has 4 heteroatoms. The molecule has 1 heterocycles. The van der Waals surface area contributed by atoms with E-state index in [0.717, 1.165) is 27.9 Å². The maximum absolute atomic E-state index is 13.0. The van der Waals surface area contributed by atoms with Crippen molar-refractivity contribution in [2.24, 2.45) is 0 Å². The van der Waals surface area contributed by atoms with Crippen molar-refractivity contribution in [1.29, 1.82) is 0 Å². The summed E-state index contributed by atoms with van der Waals surface area (Å²) in [6.45, 7) is 4.60. The molecule has 1 amide bonds. The zero-order chi connectivity index (χ0) is 18.4. The normalized spacial score (nSPS) is 11.8. The number of hydrogen-bond acceptors (Lipinski definition) is 3. The summed E-state index contributed by atoms with van der Waals surface area (Å²) in [4.78, 5) is 17.0. The molecule has 0 saturated carbocycles. The van der Waals surface area contributed by atoms with E-state index >= 15 is 0 Å². The molecule has 2 aromatic carbocycles. The van der Waals surface area contributed by atoms with Gasteiger partial charge in [0.25, 0.3) is 0 Å². The van der Waals surface area contributed by atoms with Crippen LogP contribution in [0.15, 0.2) is 73.1 Å². The predicted molar refractivity (Wildman–Crippen MR) is 105 cm³/mol. The van der Waals surface area contributed by atoms with Crippen LogP contribution in [0, 0.1) is 13.8 Å². The molecule has 0 bridgehead atoms. The number of pyridine rings is 1. The molecule has 0 aliphatic heterocycles. The van der Waals surface area contributed by atoms with Crippen LogP contribution in [0.1, 0.15) is 28.3 Å². The molecule has 0 aliphatic rings. The van der Waals surface area contributed by atoms with Crippen molar-refractivity contribution in [3.8, 4) is 0 Å². The van der Waals surface area contributed by atoms with Crippen LogP contribution in [-0.2, 0) is 11.3 Å². The monoisotopic (exact) mass is 345 g/mol. The summed E-state index contributed by atoms with van der Waals surface area (Å²) in [6.07, 6.45) is 3.51. The molecule has 2 N–H and O–H groups in total. The molecular weight excluding hydrogens is 322 g/mol. The number of benzene rings is 2. The summed E-state index contributed by atoms with van der Waals surface area (Å²) in [5.74, 6) is -0.0704. The SMILES string of the molecule is Cc1ccc(C)c(NC(=O)C(NCc2ccncc2)c2ccccc2)c1. The van der Waals surface area contributed by atoms with Gasteiger partial charge in [0.05, 0.1) is 0 Å². The molecule has 132 valence electrons. The highest BCUT2D eigenvalue weighted by atomic mass is 16.2. The van der Waals surface area contributed by atoms with Gasteiger partial charge in [0.1, 0.15) is 6.04 Å². The molecule has 0 spiro atoms. The lowest BCUT2D eigenvalue weighted by atomic mass is 10.0. The second-order valence-electron chi connectivity index (χ2n) is 6.39. The van der Waals surface area contributed by atoms with E-state index < -0.39 is 6.04 Å². The lowest BCUT2D eigenvalue weighted by molar-refractivity contribution is -0.118. The van der Waals surface area contributed by atoms with Crippen molar-refractivity contribution in [2.45, 2.75) is 26.4 Å². The number of aromatic nitrogens is 1. The Labute approximate surface area is 154 Å². The minimum absolute atomic E-state index is 0.0704. The fourth-order valence-electron chi connectivity index (χ4n) is 2.80. The van der Waals surface area contributed by atoms with Gasteiger partial charge in [-0.05, 0) is 54.3 Å². The molecule has 0 aliphatic carbocycles. The number of rotatable bonds is 6. The Morgan fingerprint density at radius 2 is 1.73 bits per heavy atom. The lowest BCUT2D eigenvalue weighted by Gasteiger charge is -2.20. The number of amides is 1. The highest BCUT2D eigenvalue weighted by Crippen LogP contribution is 2.20. The molecule has 1 unspecified atom stereocenters. The summed E-state index contributed by atoms with van der Waals surface area (Å²) in [6, 6.07) is 19.3. The molecule has 4 nitrogen and oxygen atoms in total. The van der Waals surface area contributed by atoms with E-state index in [1.165, 1.54) is 0 Å². The molecule has 1 aromatic heterocycles. The van der Waals surface area contributed by atoms with Gasteiger partial charge in [-0.25, -0.2) is 0 Å². The summed E-state index contributed by atoms with van der Waals surface area (Å²) in [5, 5.41) is 6.44. The number of nitrogens with zero attached hydrogens (tertiary/aromatic N) is 1. The summed E-state index contributed by atoms with van der Waals surface area (Å²) < 4.78 is 0. The first-order valence-corrected chi connectivity index (χ1v) is 8.69. The predicted octanol–water partition coefficient (Wildman–Crippen LogP) is 4.17. The van der Waals surface area contributed by atoms with Crippen molar-refractivity contribution in [2.75, 3.05) is 5.32 Å². The van der Waals surface area contributed by atoms with Crippen molar-refractivity contribution in [3.05, 3.63) is 95.3 Å². The highest BCUT2D eigenvalue weighted by molar-refractivity contribution is 5.96. The standard InChI is InChI=1S/C22H23N3O/c1-16-8-9-17(2)20(14-16)25-22(26)21(19-6-4-3-5-7-19)24-15-18-10-12-23-13-11-18/h3-14,21,24H,15H2,1-2H3,(H,25,26). The number of hydrogen-bond donors (Lipinski definition) is 2. The summed E-state index contributed by atoms with van der Waals surface area (Å²) >= 11 is 0. The zero-order valence-electron chi connectivity index (χ0n) is 15.1. The van der Waals surface area contributed by atoms with Gasteiger partial charge in [0.15, 0.2) is 0 Å². The Bertz CT molecular complexity index is 863. The number of carbonyl (C=O) groups excluding carboxylic acids is 1. The maximum Gasteiger partial charge on any atom is 0.246 e. The second kappa shape index (κ2) is 8.41. The topological polar surface area (TPSA) is 54.0 Å². The van der Waals surface area contributed by atoms with Gasteiger partial charge in [-0.1, -0.05) is 42.5 Å². The maximum atomic E-state index is 13.0. The fourth-order valence-corrected chi connectivity index (χ4v) is 2.80. The van der Waals surface area contributed by atoms with Crippen LogP contribution in [0.25, 0.3) is 0 Å².